The van der Waals surface area contributed by atoms with E-state index in [4.69, 9.17) is 18.9 Å². The second-order valence-corrected chi connectivity index (χ2v) is 14.6. The summed E-state index contributed by atoms with van der Waals surface area (Å²) in [6.45, 7) is 12.9. The zero-order valence-corrected chi connectivity index (χ0v) is 28.6. The van der Waals surface area contributed by atoms with Crippen LogP contribution in [0.4, 0.5) is 0 Å². The summed E-state index contributed by atoms with van der Waals surface area (Å²) in [7, 11) is 0. The zero-order valence-electron chi connectivity index (χ0n) is 28.6. The lowest BCUT2D eigenvalue weighted by molar-refractivity contribution is -0.313. The highest BCUT2D eigenvalue weighted by atomic mass is 16.6. The topological polar surface area (TPSA) is 163 Å². The van der Waals surface area contributed by atoms with Gasteiger partial charge in [-0.15, -0.1) is 6.58 Å². The van der Waals surface area contributed by atoms with Crippen LogP contribution in [0.5, 0.6) is 0 Å². The van der Waals surface area contributed by atoms with E-state index in [2.05, 4.69) is 6.58 Å². The van der Waals surface area contributed by atoms with E-state index < -0.39 is 93.9 Å². The molecule has 0 aliphatic heterocycles. The molecule has 0 amide bonds. The number of aliphatic hydroxyl groups is 2. The summed E-state index contributed by atoms with van der Waals surface area (Å²) < 4.78 is 23.9. The van der Waals surface area contributed by atoms with Crippen molar-refractivity contribution in [1.29, 1.82) is 0 Å². The number of ether oxygens (including phenoxy) is 4. The fraction of sp³-hybridized carbons (Fsp3) is 0.500. The van der Waals surface area contributed by atoms with E-state index in [1.165, 1.54) is 18.2 Å². The van der Waals surface area contributed by atoms with Gasteiger partial charge in [0.2, 0.25) is 0 Å². The van der Waals surface area contributed by atoms with Gasteiger partial charge in [-0.25, -0.2) is 9.59 Å². The third-order valence-corrected chi connectivity index (χ3v) is 11.2. The summed E-state index contributed by atoms with van der Waals surface area (Å²) >= 11 is 0. The van der Waals surface area contributed by atoms with E-state index in [9.17, 15) is 34.2 Å². The molecule has 0 heterocycles. The van der Waals surface area contributed by atoms with Crippen LogP contribution in [-0.2, 0) is 33.3 Å². The average molecular weight is 677 g/mol. The number of allylic oxidation sites excluding steroid dienone is 1. The molecule has 3 aliphatic carbocycles. The van der Waals surface area contributed by atoms with Crippen LogP contribution in [0.15, 0.2) is 73.3 Å². The van der Waals surface area contributed by atoms with Crippen molar-refractivity contribution in [3.05, 3.63) is 84.4 Å². The van der Waals surface area contributed by atoms with E-state index in [0.717, 1.165) is 13.8 Å². The van der Waals surface area contributed by atoms with Gasteiger partial charge in [0.15, 0.2) is 17.5 Å². The molecular weight excluding hydrogens is 632 g/mol. The van der Waals surface area contributed by atoms with Crippen molar-refractivity contribution in [2.75, 3.05) is 0 Å². The Morgan fingerprint density at radius 3 is 1.82 bits per heavy atom. The number of hydrogen-bond acceptors (Lipinski definition) is 11. The number of carbonyl (C=O) groups excluding carboxylic acids is 5. The first-order chi connectivity index (χ1) is 22.9. The van der Waals surface area contributed by atoms with Crippen molar-refractivity contribution in [2.45, 2.75) is 90.5 Å². The van der Waals surface area contributed by atoms with E-state index in [1.807, 2.05) is 0 Å². The number of fused-ring (bicyclic) bond motifs is 3. The number of ketones is 1. The molecule has 10 atom stereocenters. The molecule has 2 unspecified atom stereocenters. The van der Waals surface area contributed by atoms with Gasteiger partial charge < -0.3 is 29.2 Å². The second kappa shape index (κ2) is 12.8. The lowest BCUT2D eigenvalue weighted by Gasteiger charge is -2.69. The van der Waals surface area contributed by atoms with Gasteiger partial charge in [0.25, 0.3) is 0 Å². The quantitative estimate of drug-likeness (QED) is 0.245. The third-order valence-electron chi connectivity index (χ3n) is 11.2. The Kier molecular flexibility index (Phi) is 9.42. The molecule has 0 spiro atoms. The van der Waals surface area contributed by atoms with Gasteiger partial charge in [0, 0.05) is 31.6 Å². The van der Waals surface area contributed by atoms with Crippen LogP contribution < -0.4 is 0 Å². The van der Waals surface area contributed by atoms with Gasteiger partial charge in [-0.1, -0.05) is 63.2 Å². The Balaban J connectivity index is 1.79. The van der Waals surface area contributed by atoms with Crippen molar-refractivity contribution < 1.29 is 53.1 Å². The Hall–Kier alpha value is -4.35. The molecule has 2 aromatic carbocycles. The minimum atomic E-state index is -2.52. The predicted molar refractivity (Wildman–Crippen MR) is 175 cm³/mol. The molecule has 3 aliphatic rings. The molecule has 0 saturated heterocycles. The molecule has 11 nitrogen and oxygen atoms in total. The molecule has 0 radical (unpaired) electrons. The van der Waals surface area contributed by atoms with Crippen LogP contribution in [0.1, 0.15) is 75.1 Å². The van der Waals surface area contributed by atoms with E-state index in [-0.39, 0.29) is 24.0 Å². The Morgan fingerprint density at radius 1 is 0.816 bits per heavy atom. The minimum Gasteiger partial charge on any atom is -0.459 e. The first-order valence-electron chi connectivity index (χ1n) is 16.4. The van der Waals surface area contributed by atoms with Gasteiger partial charge in [0.1, 0.15) is 24.4 Å². The van der Waals surface area contributed by atoms with Crippen molar-refractivity contribution in [3.8, 4) is 0 Å². The van der Waals surface area contributed by atoms with E-state index in [1.54, 1.807) is 76.2 Å². The van der Waals surface area contributed by atoms with Gasteiger partial charge in [-0.3, -0.25) is 14.4 Å². The summed E-state index contributed by atoms with van der Waals surface area (Å²) in [5, 5.41) is 24.9. The van der Waals surface area contributed by atoms with Crippen LogP contribution in [-0.4, -0.2) is 76.0 Å². The van der Waals surface area contributed by atoms with Crippen molar-refractivity contribution in [1.82, 2.24) is 0 Å². The van der Waals surface area contributed by atoms with Crippen LogP contribution in [0.3, 0.4) is 0 Å². The first kappa shape index (κ1) is 35.9. The second-order valence-electron chi connectivity index (χ2n) is 14.6. The first-order valence-corrected chi connectivity index (χ1v) is 16.4. The highest BCUT2D eigenvalue weighted by Crippen LogP contribution is 2.67. The van der Waals surface area contributed by atoms with Gasteiger partial charge in [-0.2, -0.15) is 0 Å². The highest BCUT2D eigenvalue weighted by Gasteiger charge is 2.78. The summed E-state index contributed by atoms with van der Waals surface area (Å²) in [6.07, 6.45) is -6.00. The van der Waals surface area contributed by atoms with Crippen molar-refractivity contribution in [3.63, 3.8) is 0 Å². The van der Waals surface area contributed by atoms with Crippen LogP contribution in [0.25, 0.3) is 0 Å². The largest absolute Gasteiger partial charge is 0.459 e. The average Bonchev–Trinajstić information content (AvgIpc) is 3.05. The normalized spacial score (nSPS) is 36.2. The fourth-order valence-corrected chi connectivity index (χ4v) is 8.90. The van der Waals surface area contributed by atoms with Crippen molar-refractivity contribution in [2.24, 2.45) is 28.1 Å². The molecule has 3 fully saturated rings. The monoisotopic (exact) mass is 676 g/mol. The van der Waals surface area contributed by atoms with Crippen LogP contribution in [0.2, 0.25) is 0 Å². The van der Waals surface area contributed by atoms with Crippen LogP contribution >= 0.6 is 0 Å². The fourth-order valence-electron chi connectivity index (χ4n) is 8.90. The Labute approximate surface area is 285 Å². The SMILES string of the molecule is C=C[C@@]1(C)C[C@@H](OC(=O)c2ccccc2)C2[C@]3(C)C(C[C@@H](OC(C)=O)[C@@]2(O)C1=O)C(C)(C)[C@H](O)[C@H](OC(C)=O)[C@@H]3OC(=O)c1ccccc1. The molecule has 262 valence electrons. The van der Waals surface area contributed by atoms with Gasteiger partial charge in [-0.05, 0) is 48.9 Å². The number of Topliss-reactive ketones (excluding diaryl/α,β-unsaturated/α-hetero) is 1. The Bertz CT molecular complexity index is 1640. The molecule has 0 bridgehead atoms. The number of aliphatic hydroxyl groups excluding tert-OH is 1. The maximum Gasteiger partial charge on any atom is 0.338 e. The minimum absolute atomic E-state index is 0.128. The van der Waals surface area contributed by atoms with Crippen LogP contribution in [0, 0.1) is 28.1 Å². The maximum absolute atomic E-state index is 14.7. The summed E-state index contributed by atoms with van der Waals surface area (Å²) in [5.41, 5.74) is -6.32. The molecule has 0 aromatic heterocycles. The predicted octanol–water partition coefficient (Wildman–Crippen LogP) is 4.24. The number of hydrogen-bond donors (Lipinski definition) is 2. The zero-order chi connectivity index (χ0) is 36.1. The number of esters is 4. The maximum atomic E-state index is 14.7. The summed E-state index contributed by atoms with van der Waals surface area (Å²) in [4.78, 5) is 67.4. The van der Waals surface area contributed by atoms with E-state index in [0.29, 0.717) is 0 Å². The number of rotatable bonds is 7. The molecular formula is C38H44O11. The lowest BCUT2D eigenvalue weighted by Crippen LogP contribution is -2.80. The highest BCUT2D eigenvalue weighted by molar-refractivity contribution is 5.97. The molecule has 5 rings (SSSR count). The molecule has 3 saturated carbocycles. The summed E-state index contributed by atoms with van der Waals surface area (Å²) in [5.74, 6) is -5.99. The lowest BCUT2D eigenvalue weighted by atomic mass is 9.38. The molecule has 2 aromatic rings. The van der Waals surface area contributed by atoms with Crippen molar-refractivity contribution >= 4 is 29.7 Å². The van der Waals surface area contributed by atoms with Gasteiger partial charge >= 0.3 is 23.9 Å². The van der Waals surface area contributed by atoms with E-state index >= 15 is 0 Å². The smallest absolute Gasteiger partial charge is 0.338 e. The molecule has 11 heteroatoms. The number of carbonyl (C=O) groups is 5. The Morgan fingerprint density at radius 2 is 1.33 bits per heavy atom. The third kappa shape index (κ3) is 5.86. The van der Waals surface area contributed by atoms with Gasteiger partial charge in [0.05, 0.1) is 16.5 Å². The summed E-state index contributed by atoms with van der Waals surface area (Å²) in [6, 6.07) is 16.2. The molecule has 2 N–H and O–H groups in total. The molecule has 49 heavy (non-hydrogen) atoms. The standard InChI is InChI=1S/C38H44O11/c1-8-36(6)20-25(48-32(42)23-15-11-9-12-16-23)29-37(7)26(19-27(46-21(2)39)38(29,45)34(36)44)35(4,5)30(41)28(47-22(3)40)31(37)49-33(43)24-17-13-10-14-18-24/h8-18,25-31,41,45H,1,19-20H2,2-7H3/t25-,26?,27-,28+,29?,30-,31+,36+,37+,38+/m1/s1. The number of benzene rings is 2.